The van der Waals surface area contributed by atoms with Crippen LogP contribution in [0.15, 0.2) is 54.6 Å². The van der Waals surface area contributed by atoms with E-state index in [2.05, 4.69) is 20.6 Å². The molecule has 1 amide bonds. The summed E-state index contributed by atoms with van der Waals surface area (Å²) in [4.78, 5) is 21.1. The average Bonchev–Trinajstić information content (AvgIpc) is 2.69. The number of rotatable bonds is 7. The zero-order valence-corrected chi connectivity index (χ0v) is 16.5. The highest BCUT2D eigenvalue weighted by atomic mass is 35.5. The number of ether oxygens (including phenoxy) is 1. The number of carbonyl (C=O) groups excluding carboxylic acids is 1. The second kappa shape index (κ2) is 9.19. The number of nitrogens with one attached hydrogen (secondary N) is 2. The van der Waals surface area contributed by atoms with E-state index in [0.717, 1.165) is 17.0 Å². The van der Waals surface area contributed by atoms with E-state index in [0.29, 0.717) is 35.3 Å². The third-order valence-electron chi connectivity index (χ3n) is 4.02. The third-order valence-corrected chi connectivity index (χ3v) is 4.27. The summed E-state index contributed by atoms with van der Waals surface area (Å²) in [7, 11) is 1.63. The van der Waals surface area contributed by atoms with Gasteiger partial charge in [0.25, 0.3) is 5.91 Å². The van der Waals surface area contributed by atoms with Crippen LogP contribution in [0.5, 0.6) is 5.75 Å². The van der Waals surface area contributed by atoms with Gasteiger partial charge in [0, 0.05) is 23.3 Å². The van der Waals surface area contributed by atoms with Gasteiger partial charge in [0.05, 0.1) is 7.11 Å². The molecule has 1 heterocycles. The Kier molecular flexibility index (Phi) is 6.45. The smallest absolute Gasteiger partial charge is 0.270 e. The van der Waals surface area contributed by atoms with Crippen molar-refractivity contribution < 1.29 is 9.53 Å². The normalized spacial score (nSPS) is 10.4. The van der Waals surface area contributed by atoms with Crippen LogP contribution in [0.4, 0.5) is 11.5 Å². The van der Waals surface area contributed by atoms with Crippen LogP contribution in [0.25, 0.3) is 0 Å². The first kappa shape index (κ1) is 19.6. The van der Waals surface area contributed by atoms with E-state index in [1.165, 1.54) is 0 Å². The molecule has 0 fully saturated rings. The Balaban J connectivity index is 1.62. The van der Waals surface area contributed by atoms with Crippen LogP contribution < -0.4 is 15.4 Å². The summed E-state index contributed by atoms with van der Waals surface area (Å²) in [6.07, 6.45) is 0.697. The molecule has 0 aliphatic rings. The van der Waals surface area contributed by atoms with Gasteiger partial charge in [0.1, 0.15) is 23.1 Å². The number of methoxy groups -OCH3 is 1. The van der Waals surface area contributed by atoms with E-state index in [9.17, 15) is 4.79 Å². The van der Waals surface area contributed by atoms with Gasteiger partial charge in [-0.25, -0.2) is 9.97 Å². The molecule has 2 aromatic carbocycles. The van der Waals surface area contributed by atoms with E-state index in [4.69, 9.17) is 16.3 Å². The summed E-state index contributed by atoms with van der Waals surface area (Å²) in [6, 6.07) is 16.6. The Morgan fingerprint density at radius 1 is 1.11 bits per heavy atom. The molecule has 0 unspecified atom stereocenters. The van der Waals surface area contributed by atoms with Crippen molar-refractivity contribution in [2.45, 2.75) is 13.3 Å². The highest BCUT2D eigenvalue weighted by Crippen LogP contribution is 2.18. The van der Waals surface area contributed by atoms with Crippen molar-refractivity contribution in [3.63, 3.8) is 0 Å². The first-order chi connectivity index (χ1) is 13.5. The van der Waals surface area contributed by atoms with Crippen molar-refractivity contribution in [3.05, 3.63) is 76.7 Å². The van der Waals surface area contributed by atoms with Crippen LogP contribution >= 0.6 is 11.6 Å². The molecule has 3 rings (SSSR count). The molecular formula is C21H21ClN4O2. The average molecular weight is 397 g/mol. The molecule has 144 valence electrons. The summed E-state index contributed by atoms with van der Waals surface area (Å²) >= 11 is 5.90. The number of benzene rings is 2. The molecular weight excluding hydrogens is 376 g/mol. The van der Waals surface area contributed by atoms with Gasteiger partial charge in [0.15, 0.2) is 0 Å². The molecule has 0 aliphatic carbocycles. The molecule has 7 heteroatoms. The largest absolute Gasteiger partial charge is 0.497 e. The molecule has 0 atom stereocenters. The molecule has 0 saturated heterocycles. The summed E-state index contributed by atoms with van der Waals surface area (Å²) in [5.41, 5.74) is 2.23. The fourth-order valence-electron chi connectivity index (χ4n) is 2.67. The minimum Gasteiger partial charge on any atom is -0.497 e. The summed E-state index contributed by atoms with van der Waals surface area (Å²) in [5.74, 6) is 1.62. The molecule has 0 bridgehead atoms. The molecule has 0 aliphatic heterocycles. The van der Waals surface area contributed by atoms with Gasteiger partial charge in [-0.05, 0) is 55.3 Å². The zero-order valence-electron chi connectivity index (χ0n) is 15.7. The second-order valence-corrected chi connectivity index (χ2v) is 6.61. The maximum atomic E-state index is 12.5. The Morgan fingerprint density at radius 3 is 2.64 bits per heavy atom. The first-order valence-corrected chi connectivity index (χ1v) is 9.21. The number of amides is 1. The lowest BCUT2D eigenvalue weighted by Gasteiger charge is -2.10. The van der Waals surface area contributed by atoms with Crippen molar-refractivity contribution in [2.75, 3.05) is 19.0 Å². The second-order valence-electron chi connectivity index (χ2n) is 6.17. The van der Waals surface area contributed by atoms with Gasteiger partial charge < -0.3 is 15.4 Å². The van der Waals surface area contributed by atoms with E-state index in [1.54, 1.807) is 32.2 Å². The van der Waals surface area contributed by atoms with Gasteiger partial charge in [-0.15, -0.1) is 0 Å². The number of aryl methyl sites for hydroxylation is 1. The van der Waals surface area contributed by atoms with Crippen molar-refractivity contribution in [1.82, 2.24) is 15.3 Å². The van der Waals surface area contributed by atoms with Crippen LogP contribution in [0.1, 0.15) is 21.9 Å². The van der Waals surface area contributed by atoms with Crippen molar-refractivity contribution in [3.8, 4) is 5.75 Å². The fraction of sp³-hybridized carbons (Fsp3) is 0.190. The summed E-state index contributed by atoms with van der Waals surface area (Å²) in [6.45, 7) is 2.25. The van der Waals surface area contributed by atoms with Crippen LogP contribution in [-0.2, 0) is 6.42 Å². The number of hydrogen-bond acceptors (Lipinski definition) is 5. The van der Waals surface area contributed by atoms with Crippen LogP contribution in [0, 0.1) is 6.92 Å². The van der Waals surface area contributed by atoms with Crippen LogP contribution in [-0.4, -0.2) is 29.5 Å². The van der Waals surface area contributed by atoms with E-state index in [1.807, 2.05) is 36.4 Å². The van der Waals surface area contributed by atoms with Gasteiger partial charge in [-0.3, -0.25) is 4.79 Å². The number of halogens is 1. The molecule has 0 radical (unpaired) electrons. The topological polar surface area (TPSA) is 76.1 Å². The number of hydrogen-bond donors (Lipinski definition) is 2. The van der Waals surface area contributed by atoms with Gasteiger partial charge in [-0.1, -0.05) is 23.7 Å². The van der Waals surface area contributed by atoms with Crippen molar-refractivity contribution in [1.29, 1.82) is 0 Å². The molecule has 3 aromatic rings. The Morgan fingerprint density at radius 2 is 1.89 bits per heavy atom. The fourth-order valence-corrected chi connectivity index (χ4v) is 2.79. The Hall–Kier alpha value is -3.12. The molecule has 28 heavy (non-hydrogen) atoms. The van der Waals surface area contributed by atoms with E-state index >= 15 is 0 Å². The monoisotopic (exact) mass is 396 g/mol. The third kappa shape index (κ3) is 5.44. The van der Waals surface area contributed by atoms with Gasteiger partial charge in [-0.2, -0.15) is 0 Å². The number of nitrogens with zero attached hydrogens (tertiary/aromatic N) is 2. The minimum absolute atomic E-state index is 0.243. The molecule has 1 aromatic heterocycles. The molecule has 0 spiro atoms. The number of anilines is 2. The van der Waals surface area contributed by atoms with Gasteiger partial charge in [0.2, 0.25) is 0 Å². The SMILES string of the molecule is COc1cccc(CCNC(=O)c2cc(Nc3ccc(Cl)cc3)nc(C)n2)c1. The Labute approximate surface area is 168 Å². The summed E-state index contributed by atoms with van der Waals surface area (Å²) < 4.78 is 5.21. The molecule has 0 saturated carbocycles. The predicted octanol–water partition coefficient (Wildman–Crippen LogP) is 4.16. The highest BCUT2D eigenvalue weighted by molar-refractivity contribution is 6.30. The first-order valence-electron chi connectivity index (χ1n) is 8.83. The maximum absolute atomic E-state index is 12.5. The lowest BCUT2D eigenvalue weighted by molar-refractivity contribution is 0.0949. The van der Waals surface area contributed by atoms with Crippen LogP contribution in [0.3, 0.4) is 0 Å². The summed E-state index contributed by atoms with van der Waals surface area (Å²) in [5, 5.41) is 6.71. The molecule has 6 nitrogen and oxygen atoms in total. The van der Waals surface area contributed by atoms with Gasteiger partial charge >= 0.3 is 0 Å². The number of carbonyl (C=O) groups is 1. The van der Waals surface area contributed by atoms with Crippen molar-refractivity contribution in [2.24, 2.45) is 0 Å². The lowest BCUT2D eigenvalue weighted by atomic mass is 10.1. The van der Waals surface area contributed by atoms with E-state index < -0.39 is 0 Å². The standard InChI is InChI=1S/C21H21ClN4O2/c1-14-24-19(13-20(25-14)26-17-8-6-16(22)7-9-17)21(27)23-11-10-15-4-3-5-18(12-15)28-2/h3-9,12-13H,10-11H2,1-2H3,(H,23,27)(H,24,25,26). The highest BCUT2D eigenvalue weighted by Gasteiger charge is 2.10. The minimum atomic E-state index is -0.243. The lowest BCUT2D eigenvalue weighted by Crippen LogP contribution is -2.27. The van der Waals surface area contributed by atoms with Crippen LogP contribution in [0.2, 0.25) is 5.02 Å². The number of aromatic nitrogens is 2. The molecule has 2 N–H and O–H groups in total. The maximum Gasteiger partial charge on any atom is 0.270 e. The predicted molar refractivity (Wildman–Crippen MR) is 111 cm³/mol. The Bertz CT molecular complexity index is 961. The van der Waals surface area contributed by atoms with Crippen molar-refractivity contribution >= 4 is 29.0 Å². The zero-order chi connectivity index (χ0) is 19.9. The van der Waals surface area contributed by atoms with E-state index in [-0.39, 0.29) is 5.91 Å². The quantitative estimate of drug-likeness (QED) is 0.627.